The summed E-state index contributed by atoms with van der Waals surface area (Å²) < 4.78 is 11.2. The molecule has 20 heavy (non-hydrogen) atoms. The van der Waals surface area contributed by atoms with Crippen LogP contribution in [0.5, 0.6) is 5.88 Å². The summed E-state index contributed by atoms with van der Waals surface area (Å²) in [7, 11) is 0. The molecule has 1 aliphatic carbocycles. The van der Waals surface area contributed by atoms with Gasteiger partial charge in [-0.1, -0.05) is 0 Å². The number of nitrogens with one attached hydrogen (secondary N) is 1. The van der Waals surface area contributed by atoms with Gasteiger partial charge in [0.2, 0.25) is 5.88 Å². The van der Waals surface area contributed by atoms with E-state index in [1.54, 1.807) is 0 Å². The molecule has 1 aliphatic heterocycles. The molecule has 2 fully saturated rings. The van der Waals surface area contributed by atoms with Gasteiger partial charge in [0, 0.05) is 31.7 Å². The highest BCUT2D eigenvalue weighted by atomic mass is 16.5. The van der Waals surface area contributed by atoms with E-state index in [1.165, 1.54) is 19.2 Å². The van der Waals surface area contributed by atoms with Crippen molar-refractivity contribution in [1.82, 2.24) is 14.9 Å². The van der Waals surface area contributed by atoms with Crippen molar-refractivity contribution in [3.05, 3.63) is 12.4 Å². The Labute approximate surface area is 119 Å². The van der Waals surface area contributed by atoms with E-state index in [9.17, 15) is 0 Å². The van der Waals surface area contributed by atoms with E-state index in [-0.39, 0.29) is 6.10 Å². The number of hydrogen-bond donors (Lipinski definition) is 1. The summed E-state index contributed by atoms with van der Waals surface area (Å²) in [6.45, 7) is 6.24. The van der Waals surface area contributed by atoms with Crippen LogP contribution in [0, 0.1) is 0 Å². The minimum absolute atomic E-state index is 0.231. The summed E-state index contributed by atoms with van der Waals surface area (Å²) in [5.74, 6) is 1.39. The van der Waals surface area contributed by atoms with Gasteiger partial charge in [-0.15, -0.1) is 0 Å². The SMILES string of the molecule is CCOc1cc(NC[C@@H]2CN(C3CC3)CCO2)ncn1. The number of rotatable bonds is 6. The van der Waals surface area contributed by atoms with Crippen LogP contribution < -0.4 is 10.1 Å². The molecule has 1 N–H and O–H groups in total. The third kappa shape index (κ3) is 3.58. The van der Waals surface area contributed by atoms with Crippen molar-refractivity contribution in [2.75, 3.05) is 38.2 Å². The third-order valence-corrected chi connectivity index (χ3v) is 3.68. The lowest BCUT2D eigenvalue weighted by Gasteiger charge is -2.33. The number of aromatic nitrogens is 2. The maximum atomic E-state index is 5.81. The van der Waals surface area contributed by atoms with Crippen LogP contribution >= 0.6 is 0 Å². The molecule has 0 bridgehead atoms. The van der Waals surface area contributed by atoms with Crippen LogP contribution in [0.2, 0.25) is 0 Å². The molecule has 2 aliphatic rings. The van der Waals surface area contributed by atoms with Crippen molar-refractivity contribution in [2.24, 2.45) is 0 Å². The molecule has 0 unspecified atom stereocenters. The fraction of sp³-hybridized carbons (Fsp3) is 0.714. The van der Waals surface area contributed by atoms with E-state index in [0.717, 1.165) is 38.1 Å². The van der Waals surface area contributed by atoms with Gasteiger partial charge >= 0.3 is 0 Å². The Kier molecular flexibility index (Phi) is 4.32. The Bertz CT molecular complexity index is 439. The normalized spacial score (nSPS) is 23.6. The maximum absolute atomic E-state index is 5.81. The molecule has 2 heterocycles. The van der Waals surface area contributed by atoms with E-state index < -0.39 is 0 Å². The monoisotopic (exact) mass is 278 g/mol. The minimum Gasteiger partial charge on any atom is -0.478 e. The van der Waals surface area contributed by atoms with Crippen molar-refractivity contribution in [2.45, 2.75) is 31.9 Å². The van der Waals surface area contributed by atoms with Gasteiger partial charge in [-0.05, 0) is 19.8 Å². The van der Waals surface area contributed by atoms with Gasteiger partial charge < -0.3 is 14.8 Å². The molecular formula is C14H22N4O2. The van der Waals surface area contributed by atoms with E-state index in [4.69, 9.17) is 9.47 Å². The van der Waals surface area contributed by atoms with Crippen molar-refractivity contribution < 1.29 is 9.47 Å². The van der Waals surface area contributed by atoms with Crippen molar-refractivity contribution in [1.29, 1.82) is 0 Å². The van der Waals surface area contributed by atoms with E-state index in [1.807, 2.05) is 13.0 Å². The highest BCUT2D eigenvalue weighted by molar-refractivity contribution is 5.37. The first-order chi connectivity index (χ1) is 9.85. The van der Waals surface area contributed by atoms with Crippen molar-refractivity contribution >= 4 is 5.82 Å². The topological polar surface area (TPSA) is 59.5 Å². The van der Waals surface area contributed by atoms with Gasteiger partial charge in [-0.25, -0.2) is 9.97 Å². The molecule has 0 radical (unpaired) electrons. The largest absolute Gasteiger partial charge is 0.478 e. The first-order valence-electron chi connectivity index (χ1n) is 7.39. The minimum atomic E-state index is 0.231. The molecule has 1 aromatic heterocycles. The van der Waals surface area contributed by atoms with Crippen LogP contribution in [-0.4, -0.2) is 59.9 Å². The van der Waals surface area contributed by atoms with Gasteiger partial charge in [0.25, 0.3) is 0 Å². The Morgan fingerprint density at radius 2 is 2.35 bits per heavy atom. The summed E-state index contributed by atoms with van der Waals surface area (Å²) in [6, 6.07) is 2.63. The van der Waals surface area contributed by atoms with E-state index in [2.05, 4.69) is 20.2 Å². The van der Waals surface area contributed by atoms with Crippen LogP contribution in [0.3, 0.4) is 0 Å². The number of morpholine rings is 1. The number of anilines is 1. The second-order valence-electron chi connectivity index (χ2n) is 5.27. The second-order valence-corrected chi connectivity index (χ2v) is 5.27. The molecule has 0 aromatic carbocycles. The number of nitrogens with zero attached hydrogens (tertiary/aromatic N) is 3. The quantitative estimate of drug-likeness (QED) is 0.842. The Morgan fingerprint density at radius 3 is 3.15 bits per heavy atom. The molecule has 1 atom stereocenters. The first-order valence-corrected chi connectivity index (χ1v) is 7.39. The summed E-state index contributed by atoms with van der Waals surface area (Å²) in [4.78, 5) is 10.8. The van der Waals surface area contributed by atoms with Crippen molar-refractivity contribution in [3.8, 4) is 5.88 Å². The summed E-state index contributed by atoms with van der Waals surface area (Å²) in [6.07, 6.45) is 4.45. The second kappa shape index (κ2) is 6.37. The van der Waals surface area contributed by atoms with Crippen LogP contribution in [0.4, 0.5) is 5.82 Å². The molecular weight excluding hydrogens is 256 g/mol. The highest BCUT2D eigenvalue weighted by Crippen LogP contribution is 2.28. The average Bonchev–Trinajstić information content (AvgIpc) is 3.31. The standard InChI is InChI=1S/C14H22N4O2/c1-2-19-14-7-13(16-10-17-14)15-8-12-9-18(5-6-20-12)11-3-4-11/h7,10-12H,2-6,8-9H2,1H3,(H,15,16,17)/t12-/m1/s1. The zero-order chi connectivity index (χ0) is 13.8. The molecule has 0 amide bonds. The molecule has 6 heteroatoms. The van der Waals surface area contributed by atoms with Crippen LogP contribution in [-0.2, 0) is 4.74 Å². The lowest BCUT2D eigenvalue weighted by atomic mass is 10.2. The van der Waals surface area contributed by atoms with Gasteiger partial charge in [0.15, 0.2) is 0 Å². The number of hydrogen-bond acceptors (Lipinski definition) is 6. The summed E-state index contributed by atoms with van der Waals surface area (Å²) in [5, 5.41) is 3.31. The molecule has 1 aromatic rings. The molecule has 0 spiro atoms. The summed E-state index contributed by atoms with van der Waals surface area (Å²) in [5.41, 5.74) is 0. The Balaban J connectivity index is 1.49. The predicted octanol–water partition coefficient (Wildman–Crippen LogP) is 1.15. The van der Waals surface area contributed by atoms with Crippen LogP contribution in [0.15, 0.2) is 12.4 Å². The molecule has 1 saturated heterocycles. The van der Waals surface area contributed by atoms with Gasteiger partial charge in [0.1, 0.15) is 12.1 Å². The lowest BCUT2D eigenvalue weighted by molar-refractivity contribution is -0.0241. The average molecular weight is 278 g/mol. The maximum Gasteiger partial charge on any atom is 0.218 e. The lowest BCUT2D eigenvalue weighted by Crippen LogP contribution is -2.46. The Hall–Kier alpha value is -1.40. The third-order valence-electron chi connectivity index (χ3n) is 3.68. The van der Waals surface area contributed by atoms with E-state index in [0.29, 0.717) is 12.5 Å². The van der Waals surface area contributed by atoms with Gasteiger partial charge in [-0.2, -0.15) is 0 Å². The molecule has 110 valence electrons. The predicted molar refractivity (Wildman–Crippen MR) is 76.0 cm³/mol. The molecule has 3 rings (SSSR count). The molecule has 1 saturated carbocycles. The van der Waals surface area contributed by atoms with Crippen molar-refractivity contribution in [3.63, 3.8) is 0 Å². The first kappa shape index (κ1) is 13.6. The summed E-state index contributed by atoms with van der Waals surface area (Å²) >= 11 is 0. The zero-order valence-electron chi connectivity index (χ0n) is 11.9. The molecule has 6 nitrogen and oxygen atoms in total. The van der Waals surface area contributed by atoms with E-state index >= 15 is 0 Å². The smallest absolute Gasteiger partial charge is 0.218 e. The van der Waals surface area contributed by atoms with Crippen LogP contribution in [0.25, 0.3) is 0 Å². The fourth-order valence-corrected chi connectivity index (χ4v) is 2.52. The van der Waals surface area contributed by atoms with Crippen LogP contribution in [0.1, 0.15) is 19.8 Å². The number of ether oxygens (including phenoxy) is 2. The Morgan fingerprint density at radius 1 is 1.45 bits per heavy atom. The zero-order valence-corrected chi connectivity index (χ0v) is 11.9. The fourth-order valence-electron chi connectivity index (χ4n) is 2.52. The van der Waals surface area contributed by atoms with Gasteiger partial charge in [-0.3, -0.25) is 4.90 Å². The van der Waals surface area contributed by atoms with Gasteiger partial charge in [0.05, 0.1) is 19.3 Å². The highest BCUT2D eigenvalue weighted by Gasteiger charge is 2.32.